The van der Waals surface area contributed by atoms with Gasteiger partial charge in [0.15, 0.2) is 0 Å². The van der Waals surface area contributed by atoms with E-state index in [1.54, 1.807) is 35.3 Å². The molecule has 0 spiro atoms. The van der Waals surface area contributed by atoms with Crippen LogP contribution in [0.2, 0.25) is 0 Å². The van der Waals surface area contributed by atoms with Crippen molar-refractivity contribution >= 4 is 46.3 Å². The van der Waals surface area contributed by atoms with Gasteiger partial charge in [-0.2, -0.15) is 13.2 Å². The van der Waals surface area contributed by atoms with Gasteiger partial charge >= 0.3 is 6.18 Å². The molecule has 2 aromatic heterocycles. The number of nitrogens with zero attached hydrogens (tertiary/aromatic N) is 6. The van der Waals surface area contributed by atoms with Crippen LogP contribution in [0.15, 0.2) is 49.1 Å². The molecule has 3 fully saturated rings. The molecule has 1 aromatic carbocycles. The van der Waals surface area contributed by atoms with E-state index in [-0.39, 0.29) is 150 Å². The van der Waals surface area contributed by atoms with Gasteiger partial charge in [0.1, 0.15) is 18.2 Å². The Balaban J connectivity index is 0.809. The van der Waals surface area contributed by atoms with Gasteiger partial charge in [0.2, 0.25) is 29.5 Å². The quantitative estimate of drug-likeness (QED) is 0.0851. The van der Waals surface area contributed by atoms with E-state index in [0.717, 1.165) is 24.1 Å². The fourth-order valence-electron chi connectivity index (χ4n) is 9.22. The van der Waals surface area contributed by atoms with Gasteiger partial charge in [0.25, 0.3) is 0 Å². The van der Waals surface area contributed by atoms with Crippen molar-refractivity contribution in [3.8, 4) is 0 Å². The van der Waals surface area contributed by atoms with Gasteiger partial charge in [-0.25, -0.2) is 9.97 Å². The van der Waals surface area contributed by atoms with Gasteiger partial charge in [-0.05, 0) is 76.4 Å². The summed E-state index contributed by atoms with van der Waals surface area (Å²) < 4.78 is 62.9. The summed E-state index contributed by atoms with van der Waals surface area (Å²) in [5.74, 6) is -1.27. The number of fused-ring (bicyclic) bond motifs is 1. The van der Waals surface area contributed by atoms with E-state index in [9.17, 15) is 37.1 Å². The monoisotopic (exact) mass is 985 g/mol. The van der Waals surface area contributed by atoms with Crippen LogP contribution in [0.1, 0.15) is 76.0 Å². The average molecular weight is 985 g/mol. The van der Waals surface area contributed by atoms with Crippen LogP contribution in [0, 0.1) is 5.92 Å². The predicted octanol–water partition coefficient (Wildman–Crippen LogP) is 3.10. The molecule has 384 valence electrons. The first-order valence-corrected chi connectivity index (χ1v) is 24.0. The van der Waals surface area contributed by atoms with Crippen LogP contribution < -0.4 is 21.3 Å². The van der Waals surface area contributed by atoms with E-state index in [2.05, 4.69) is 62.0 Å². The fraction of sp³-hybridized carbons (Fsp3) is 0.625. The second kappa shape index (κ2) is 26.1. The van der Waals surface area contributed by atoms with E-state index >= 15 is 0 Å². The van der Waals surface area contributed by atoms with E-state index in [4.69, 9.17) is 18.9 Å². The number of pyridine rings is 1. The van der Waals surface area contributed by atoms with Crippen LogP contribution in [0.4, 0.5) is 19.0 Å². The van der Waals surface area contributed by atoms with E-state index in [1.165, 1.54) is 12.4 Å². The van der Waals surface area contributed by atoms with Gasteiger partial charge in [0.05, 0.1) is 88.0 Å². The number of hydrogen-bond acceptors (Lipinski definition) is 14. The number of benzene rings is 1. The van der Waals surface area contributed by atoms with Crippen molar-refractivity contribution in [2.45, 2.75) is 101 Å². The summed E-state index contributed by atoms with van der Waals surface area (Å²) in [5.41, 5.74) is 0.301. The molecule has 0 radical (unpaired) electrons. The SMILES string of the molecule is CC(C)N(C)[C@@H]1CC[C@H](N2CC[C@H](Nc3ncnc4ccc(C(F)(F)F)cc34)C2=O)[C@H](NC(=O)CCOCCOCCNC(=O)CCOCCOCCNC(=O)[C@H]2CC(=O)N(C)[C@@H]2c2cccnc2)C1. The summed E-state index contributed by atoms with van der Waals surface area (Å²) in [4.78, 5) is 82.7. The molecule has 2 saturated heterocycles. The molecule has 70 heavy (non-hydrogen) atoms. The third-order valence-electron chi connectivity index (χ3n) is 13.2. The number of aromatic nitrogens is 3. The molecule has 5 amide bonds. The number of hydrogen-bond donors (Lipinski definition) is 4. The Hall–Kier alpha value is -5.55. The fourth-order valence-corrected chi connectivity index (χ4v) is 9.22. The molecule has 3 aliphatic rings. The number of nitrogens with one attached hydrogen (secondary N) is 4. The lowest BCUT2D eigenvalue weighted by atomic mass is 9.84. The summed E-state index contributed by atoms with van der Waals surface area (Å²) in [6.45, 7) is 7.21. The lowest BCUT2D eigenvalue weighted by Gasteiger charge is -2.44. The summed E-state index contributed by atoms with van der Waals surface area (Å²) in [6.07, 6.45) is 2.97. The summed E-state index contributed by atoms with van der Waals surface area (Å²) in [5, 5.41) is 12.1. The first-order valence-electron chi connectivity index (χ1n) is 24.0. The van der Waals surface area contributed by atoms with Crippen molar-refractivity contribution in [3.63, 3.8) is 0 Å². The topological polar surface area (TPSA) is 219 Å². The lowest BCUT2D eigenvalue weighted by Crippen LogP contribution is -2.58. The summed E-state index contributed by atoms with van der Waals surface area (Å²) in [6, 6.07) is 5.68. The van der Waals surface area contributed by atoms with Crippen LogP contribution in [0.5, 0.6) is 0 Å². The van der Waals surface area contributed by atoms with Gasteiger partial charge in [-0.1, -0.05) is 6.07 Å². The Morgan fingerprint density at radius 1 is 0.871 bits per heavy atom. The number of ether oxygens (including phenoxy) is 4. The molecule has 0 bridgehead atoms. The molecule has 4 N–H and O–H groups in total. The van der Waals surface area contributed by atoms with E-state index in [1.807, 2.05) is 6.07 Å². The van der Waals surface area contributed by atoms with Crippen LogP contribution in [-0.4, -0.2) is 176 Å². The van der Waals surface area contributed by atoms with Crippen molar-refractivity contribution < 1.29 is 56.1 Å². The maximum absolute atomic E-state index is 13.9. The van der Waals surface area contributed by atoms with E-state index < -0.39 is 23.7 Å². The molecule has 1 aliphatic carbocycles. The molecule has 0 unspecified atom stereocenters. The number of alkyl halides is 3. The van der Waals surface area contributed by atoms with Crippen LogP contribution >= 0.6 is 0 Å². The van der Waals surface area contributed by atoms with Crippen LogP contribution in [-0.2, 0) is 49.1 Å². The minimum Gasteiger partial charge on any atom is -0.379 e. The van der Waals surface area contributed by atoms with Crippen LogP contribution in [0.3, 0.4) is 0 Å². The maximum atomic E-state index is 13.9. The van der Waals surface area contributed by atoms with Crippen molar-refractivity contribution in [3.05, 3.63) is 60.2 Å². The zero-order valence-corrected chi connectivity index (χ0v) is 40.4. The molecule has 1 saturated carbocycles. The Kier molecular flexibility index (Phi) is 20.0. The number of amides is 5. The second-order valence-electron chi connectivity index (χ2n) is 18.1. The number of carbonyl (C=O) groups is 5. The molecule has 2 aliphatic heterocycles. The number of likely N-dealkylation sites (tertiary alicyclic amines) is 2. The third kappa shape index (κ3) is 15.0. The highest BCUT2D eigenvalue weighted by Gasteiger charge is 2.44. The second-order valence-corrected chi connectivity index (χ2v) is 18.1. The highest BCUT2D eigenvalue weighted by Crippen LogP contribution is 2.37. The Labute approximate surface area is 406 Å². The highest BCUT2D eigenvalue weighted by atomic mass is 19.4. The number of anilines is 1. The zero-order valence-electron chi connectivity index (χ0n) is 40.4. The van der Waals surface area contributed by atoms with Crippen molar-refractivity contribution in [2.24, 2.45) is 5.92 Å². The van der Waals surface area contributed by atoms with Gasteiger partial charge in [-0.3, -0.25) is 29.0 Å². The Morgan fingerprint density at radius 2 is 1.56 bits per heavy atom. The lowest BCUT2D eigenvalue weighted by molar-refractivity contribution is -0.137. The molecule has 6 atom stereocenters. The molecular formula is C48H67F3N10O9. The zero-order chi connectivity index (χ0) is 50.2. The van der Waals surface area contributed by atoms with Gasteiger partial charge in [-0.15, -0.1) is 0 Å². The molecule has 22 heteroatoms. The average Bonchev–Trinajstić information content (AvgIpc) is 3.85. The minimum absolute atomic E-state index is 0.0945. The highest BCUT2D eigenvalue weighted by molar-refractivity contribution is 5.93. The number of carbonyl (C=O) groups excluding carboxylic acids is 5. The van der Waals surface area contributed by atoms with E-state index in [0.29, 0.717) is 37.9 Å². The predicted molar refractivity (Wildman–Crippen MR) is 251 cm³/mol. The molecular weight excluding hydrogens is 918 g/mol. The normalized spacial score (nSPS) is 21.8. The third-order valence-corrected chi connectivity index (χ3v) is 13.2. The largest absolute Gasteiger partial charge is 0.416 e. The van der Waals surface area contributed by atoms with Crippen molar-refractivity contribution in [1.29, 1.82) is 0 Å². The Morgan fingerprint density at radius 3 is 2.23 bits per heavy atom. The smallest absolute Gasteiger partial charge is 0.379 e. The number of halogens is 3. The van der Waals surface area contributed by atoms with Gasteiger partial charge < -0.3 is 54.9 Å². The first-order chi connectivity index (χ1) is 33.6. The van der Waals surface area contributed by atoms with Gasteiger partial charge in [0, 0.05) is 75.8 Å². The molecule has 19 nitrogen and oxygen atoms in total. The first kappa shape index (κ1) is 53.8. The molecule has 4 heterocycles. The minimum atomic E-state index is -4.55. The standard InChI is InChI=1S/C48H67F3N10O9/c1-31(2)59(3)34-8-10-40(61-17-11-38(47(61)66)58-45-35-26-33(48(49,50)51)7-9-37(35)55-30-56-45)39(27-34)57-42(63)13-19-68-23-24-69-20-15-53-41(62)12-18-67-22-25-70-21-16-54-46(65)36-28-43(64)60(4)44(36)32-6-5-14-52-29-32/h5-7,9,14,26,29-31,34,36,38-40,44H,8,10-13,15-25,27-28H2,1-4H3,(H,53,62)(H,54,65)(H,57,63)(H,55,56,58)/t34-,36+,38+,39-,40+,44-/m1/s1. The summed E-state index contributed by atoms with van der Waals surface area (Å²) >= 11 is 0. The maximum Gasteiger partial charge on any atom is 0.416 e. The van der Waals surface area contributed by atoms with Crippen molar-refractivity contribution in [1.82, 2.24) is 45.6 Å². The Bertz CT molecular complexity index is 2210. The molecule has 6 rings (SSSR count). The number of rotatable bonds is 26. The van der Waals surface area contributed by atoms with Crippen molar-refractivity contribution in [2.75, 3.05) is 91.9 Å². The molecule has 3 aromatic rings. The van der Waals surface area contributed by atoms with Crippen LogP contribution in [0.25, 0.3) is 10.9 Å². The summed E-state index contributed by atoms with van der Waals surface area (Å²) in [7, 11) is 3.75.